The van der Waals surface area contributed by atoms with Crippen LogP contribution in [-0.4, -0.2) is 29.7 Å². The van der Waals surface area contributed by atoms with Gasteiger partial charge >= 0.3 is 0 Å². The normalized spacial score (nSPS) is 16.7. The van der Waals surface area contributed by atoms with Gasteiger partial charge in [0.05, 0.1) is 6.61 Å². The van der Waals surface area contributed by atoms with Crippen molar-refractivity contribution in [2.75, 3.05) is 19.7 Å². The summed E-state index contributed by atoms with van der Waals surface area (Å²) in [6.07, 6.45) is 0. The zero-order valence-electron chi connectivity index (χ0n) is 9.07. The maximum absolute atomic E-state index is 9.08. The van der Waals surface area contributed by atoms with Crippen LogP contribution >= 0.6 is 0 Å². The number of ether oxygens (including phenoxy) is 1. The molecule has 15 heavy (non-hydrogen) atoms. The highest BCUT2D eigenvalue weighted by atomic mass is 16.5. The van der Waals surface area contributed by atoms with Gasteiger partial charge in [-0.2, -0.15) is 0 Å². The molecule has 0 saturated heterocycles. The van der Waals surface area contributed by atoms with Crippen LogP contribution in [0.4, 0.5) is 0 Å². The van der Waals surface area contributed by atoms with Crippen molar-refractivity contribution in [2.24, 2.45) is 0 Å². The van der Waals surface area contributed by atoms with Crippen LogP contribution in [0.15, 0.2) is 18.2 Å². The van der Waals surface area contributed by atoms with Crippen LogP contribution in [0.5, 0.6) is 5.75 Å². The Morgan fingerprint density at radius 2 is 2.33 bits per heavy atom. The fraction of sp³-hybridized carbons (Fsp3) is 0.500. The van der Waals surface area contributed by atoms with Crippen molar-refractivity contribution in [3.05, 3.63) is 29.3 Å². The van der Waals surface area contributed by atoms with E-state index in [9.17, 15) is 0 Å². The van der Waals surface area contributed by atoms with Gasteiger partial charge in [-0.05, 0) is 24.2 Å². The lowest BCUT2D eigenvalue weighted by molar-refractivity contribution is 0.234. The van der Waals surface area contributed by atoms with Gasteiger partial charge < -0.3 is 9.84 Å². The van der Waals surface area contributed by atoms with Gasteiger partial charge in [0.1, 0.15) is 12.4 Å². The zero-order valence-corrected chi connectivity index (χ0v) is 9.07. The highest BCUT2D eigenvalue weighted by Gasteiger charge is 2.13. The van der Waals surface area contributed by atoms with Gasteiger partial charge in [0.2, 0.25) is 0 Å². The first-order valence-electron chi connectivity index (χ1n) is 5.41. The molecule has 2 rings (SSSR count). The van der Waals surface area contributed by atoms with Crippen LogP contribution in [-0.2, 0) is 13.2 Å². The Labute approximate surface area is 90.3 Å². The van der Waals surface area contributed by atoms with Crippen molar-refractivity contribution >= 4 is 0 Å². The molecule has 0 spiro atoms. The second kappa shape index (κ2) is 4.64. The monoisotopic (exact) mass is 207 g/mol. The molecule has 0 atom stereocenters. The quantitative estimate of drug-likeness (QED) is 0.795. The molecule has 0 aliphatic carbocycles. The van der Waals surface area contributed by atoms with Crippen molar-refractivity contribution in [3.63, 3.8) is 0 Å². The van der Waals surface area contributed by atoms with E-state index in [0.717, 1.165) is 37.6 Å². The van der Waals surface area contributed by atoms with Crippen LogP contribution in [0.3, 0.4) is 0 Å². The third-order valence-electron chi connectivity index (χ3n) is 2.81. The minimum Gasteiger partial charge on any atom is -0.492 e. The number of aliphatic hydroxyl groups excluding tert-OH is 1. The second-order valence-corrected chi connectivity index (χ2v) is 3.82. The maximum atomic E-state index is 9.08. The molecule has 3 heteroatoms. The molecule has 1 N–H and O–H groups in total. The van der Waals surface area contributed by atoms with Crippen LogP contribution in [0.1, 0.15) is 18.1 Å². The number of likely N-dealkylation sites (N-methyl/N-ethyl adjacent to an activating group) is 1. The van der Waals surface area contributed by atoms with E-state index in [1.54, 1.807) is 0 Å². The largest absolute Gasteiger partial charge is 0.492 e. The van der Waals surface area contributed by atoms with E-state index in [2.05, 4.69) is 11.8 Å². The van der Waals surface area contributed by atoms with Crippen LogP contribution in [0.25, 0.3) is 0 Å². The van der Waals surface area contributed by atoms with E-state index in [4.69, 9.17) is 9.84 Å². The molecular weight excluding hydrogens is 190 g/mol. The molecule has 0 saturated carbocycles. The molecule has 0 bridgehead atoms. The summed E-state index contributed by atoms with van der Waals surface area (Å²) in [7, 11) is 0. The summed E-state index contributed by atoms with van der Waals surface area (Å²) in [5.74, 6) is 0.961. The van der Waals surface area contributed by atoms with Gasteiger partial charge in [-0.3, -0.25) is 4.90 Å². The molecular formula is C12H17NO2. The molecule has 1 aromatic rings. The highest BCUT2D eigenvalue weighted by molar-refractivity contribution is 5.37. The van der Waals surface area contributed by atoms with Gasteiger partial charge in [-0.1, -0.05) is 13.0 Å². The number of hydrogen-bond acceptors (Lipinski definition) is 3. The minimum atomic E-state index is 0.0966. The van der Waals surface area contributed by atoms with E-state index in [-0.39, 0.29) is 6.61 Å². The smallest absolute Gasteiger partial charge is 0.123 e. The Balaban J connectivity index is 2.27. The van der Waals surface area contributed by atoms with Crippen molar-refractivity contribution in [2.45, 2.75) is 20.1 Å². The molecule has 0 radical (unpaired) electrons. The third kappa shape index (κ3) is 2.30. The lowest BCUT2D eigenvalue weighted by Gasteiger charge is -2.16. The summed E-state index contributed by atoms with van der Waals surface area (Å²) >= 11 is 0. The number of benzene rings is 1. The molecule has 1 aliphatic heterocycles. The average Bonchev–Trinajstić information content (AvgIpc) is 2.49. The molecule has 1 aromatic carbocycles. The lowest BCUT2D eigenvalue weighted by Crippen LogP contribution is -2.25. The Hall–Kier alpha value is -1.06. The summed E-state index contributed by atoms with van der Waals surface area (Å²) in [6, 6.07) is 5.91. The summed E-state index contributed by atoms with van der Waals surface area (Å²) < 4.78 is 5.66. The number of fused-ring (bicyclic) bond motifs is 1. The van der Waals surface area contributed by atoms with E-state index in [0.29, 0.717) is 0 Å². The van der Waals surface area contributed by atoms with Crippen LogP contribution < -0.4 is 4.74 Å². The Kier molecular flexibility index (Phi) is 3.23. The first-order chi connectivity index (χ1) is 7.33. The van der Waals surface area contributed by atoms with E-state index < -0.39 is 0 Å². The van der Waals surface area contributed by atoms with Crippen molar-refractivity contribution in [3.8, 4) is 5.75 Å². The topological polar surface area (TPSA) is 32.7 Å². The Morgan fingerprint density at radius 3 is 3.07 bits per heavy atom. The number of rotatable bonds is 2. The lowest BCUT2D eigenvalue weighted by atomic mass is 10.1. The van der Waals surface area contributed by atoms with Crippen LogP contribution in [0.2, 0.25) is 0 Å². The molecule has 1 heterocycles. The van der Waals surface area contributed by atoms with Gasteiger partial charge in [0, 0.05) is 18.7 Å². The minimum absolute atomic E-state index is 0.0966. The number of aliphatic hydroxyl groups is 1. The first kappa shape index (κ1) is 10.5. The molecule has 3 nitrogen and oxygen atoms in total. The SMILES string of the molecule is CCN1CCOc2ccc(CO)cc2C1. The number of hydrogen-bond donors (Lipinski definition) is 1. The van der Waals surface area contributed by atoms with Crippen molar-refractivity contribution in [1.82, 2.24) is 4.90 Å². The second-order valence-electron chi connectivity index (χ2n) is 3.82. The van der Waals surface area contributed by atoms with Crippen molar-refractivity contribution in [1.29, 1.82) is 0 Å². The van der Waals surface area contributed by atoms with Crippen LogP contribution in [0, 0.1) is 0 Å². The van der Waals surface area contributed by atoms with E-state index in [1.807, 2.05) is 18.2 Å². The molecule has 0 unspecified atom stereocenters. The Morgan fingerprint density at radius 1 is 1.47 bits per heavy atom. The number of nitrogens with zero attached hydrogens (tertiary/aromatic N) is 1. The van der Waals surface area contributed by atoms with Gasteiger partial charge in [0.15, 0.2) is 0 Å². The van der Waals surface area contributed by atoms with E-state index in [1.165, 1.54) is 5.56 Å². The third-order valence-corrected chi connectivity index (χ3v) is 2.81. The van der Waals surface area contributed by atoms with Gasteiger partial charge in [-0.25, -0.2) is 0 Å². The standard InChI is InChI=1S/C12H17NO2/c1-2-13-5-6-15-12-4-3-10(9-14)7-11(12)8-13/h3-4,7,14H,2,5-6,8-9H2,1H3. The fourth-order valence-corrected chi connectivity index (χ4v) is 1.87. The summed E-state index contributed by atoms with van der Waals surface area (Å²) in [5.41, 5.74) is 2.14. The highest BCUT2D eigenvalue weighted by Crippen LogP contribution is 2.24. The molecule has 0 amide bonds. The predicted molar refractivity (Wildman–Crippen MR) is 58.8 cm³/mol. The van der Waals surface area contributed by atoms with Gasteiger partial charge in [0.25, 0.3) is 0 Å². The van der Waals surface area contributed by atoms with E-state index >= 15 is 0 Å². The van der Waals surface area contributed by atoms with Crippen molar-refractivity contribution < 1.29 is 9.84 Å². The molecule has 1 aliphatic rings. The molecule has 0 fully saturated rings. The Bertz CT molecular complexity index is 338. The fourth-order valence-electron chi connectivity index (χ4n) is 1.87. The molecule has 82 valence electrons. The van der Waals surface area contributed by atoms with Gasteiger partial charge in [-0.15, -0.1) is 0 Å². The molecule has 0 aromatic heterocycles. The average molecular weight is 207 g/mol. The first-order valence-corrected chi connectivity index (χ1v) is 5.41. The summed E-state index contributed by atoms with van der Waals surface area (Å²) in [5, 5.41) is 9.08. The zero-order chi connectivity index (χ0) is 10.7. The maximum Gasteiger partial charge on any atom is 0.123 e. The predicted octanol–water partition coefficient (Wildman–Crippen LogP) is 1.39. The summed E-state index contributed by atoms with van der Waals surface area (Å²) in [4.78, 5) is 2.34. The summed E-state index contributed by atoms with van der Waals surface area (Å²) in [6.45, 7) is 5.92.